The van der Waals surface area contributed by atoms with Gasteiger partial charge in [-0.05, 0) is 24.3 Å². The summed E-state index contributed by atoms with van der Waals surface area (Å²) in [7, 11) is 0. The summed E-state index contributed by atoms with van der Waals surface area (Å²) >= 11 is 3.16. The number of benzene rings is 1. The van der Waals surface area contributed by atoms with Crippen molar-refractivity contribution in [2.75, 3.05) is 0 Å². The zero-order chi connectivity index (χ0) is 13.8. The SMILES string of the molecule is NC(=O)[C@@H](NCc1ccco1)c1ccc(Br)cc1F. The molecule has 19 heavy (non-hydrogen) atoms. The topological polar surface area (TPSA) is 68.3 Å². The van der Waals surface area contributed by atoms with E-state index in [2.05, 4.69) is 21.2 Å². The molecule has 0 saturated heterocycles. The number of hydrogen-bond acceptors (Lipinski definition) is 3. The Morgan fingerprint density at radius 2 is 2.26 bits per heavy atom. The molecule has 1 aromatic heterocycles. The maximum absolute atomic E-state index is 13.8. The molecule has 3 N–H and O–H groups in total. The Kier molecular flexibility index (Phi) is 4.34. The van der Waals surface area contributed by atoms with Crippen molar-refractivity contribution in [1.82, 2.24) is 5.32 Å². The third-order valence-electron chi connectivity index (χ3n) is 2.62. The monoisotopic (exact) mass is 326 g/mol. The van der Waals surface area contributed by atoms with Gasteiger partial charge in [-0.15, -0.1) is 0 Å². The summed E-state index contributed by atoms with van der Waals surface area (Å²) < 4.78 is 19.6. The van der Waals surface area contributed by atoms with E-state index in [1.807, 2.05) is 0 Å². The van der Waals surface area contributed by atoms with Gasteiger partial charge < -0.3 is 10.2 Å². The third kappa shape index (κ3) is 3.42. The summed E-state index contributed by atoms with van der Waals surface area (Å²) in [5, 5.41) is 2.87. The van der Waals surface area contributed by atoms with Crippen LogP contribution in [0.4, 0.5) is 4.39 Å². The highest BCUT2D eigenvalue weighted by Crippen LogP contribution is 2.21. The fourth-order valence-electron chi connectivity index (χ4n) is 1.72. The molecule has 4 nitrogen and oxygen atoms in total. The van der Waals surface area contributed by atoms with Gasteiger partial charge in [0.1, 0.15) is 17.6 Å². The van der Waals surface area contributed by atoms with E-state index < -0.39 is 17.8 Å². The predicted molar refractivity (Wildman–Crippen MR) is 71.6 cm³/mol. The fourth-order valence-corrected chi connectivity index (χ4v) is 2.05. The molecule has 0 saturated carbocycles. The number of rotatable bonds is 5. The molecule has 0 spiro atoms. The van der Waals surface area contributed by atoms with Crippen LogP contribution in [0.5, 0.6) is 0 Å². The Morgan fingerprint density at radius 1 is 1.47 bits per heavy atom. The molecule has 0 radical (unpaired) electrons. The highest BCUT2D eigenvalue weighted by molar-refractivity contribution is 9.10. The van der Waals surface area contributed by atoms with Crippen molar-refractivity contribution in [3.8, 4) is 0 Å². The van der Waals surface area contributed by atoms with Crippen molar-refractivity contribution in [1.29, 1.82) is 0 Å². The Hall–Kier alpha value is -1.66. The average molecular weight is 327 g/mol. The van der Waals surface area contributed by atoms with Gasteiger partial charge >= 0.3 is 0 Å². The maximum atomic E-state index is 13.8. The molecule has 2 rings (SSSR count). The number of halogens is 2. The summed E-state index contributed by atoms with van der Waals surface area (Å²) in [6.45, 7) is 0.288. The highest BCUT2D eigenvalue weighted by Gasteiger charge is 2.21. The van der Waals surface area contributed by atoms with Crippen LogP contribution in [0.25, 0.3) is 0 Å². The molecule has 0 unspecified atom stereocenters. The van der Waals surface area contributed by atoms with Crippen molar-refractivity contribution in [2.45, 2.75) is 12.6 Å². The van der Waals surface area contributed by atoms with E-state index >= 15 is 0 Å². The molecular weight excluding hydrogens is 315 g/mol. The summed E-state index contributed by atoms with van der Waals surface area (Å²) in [4.78, 5) is 11.4. The van der Waals surface area contributed by atoms with Gasteiger partial charge in [0.25, 0.3) is 0 Å². The lowest BCUT2D eigenvalue weighted by atomic mass is 10.1. The molecular formula is C13H12BrFN2O2. The number of furan rings is 1. The number of carbonyl (C=O) groups excluding carboxylic acids is 1. The lowest BCUT2D eigenvalue weighted by Gasteiger charge is -2.16. The first kappa shape index (κ1) is 13.8. The van der Waals surface area contributed by atoms with Crippen LogP contribution in [0.1, 0.15) is 17.4 Å². The molecule has 100 valence electrons. The number of primary amides is 1. The van der Waals surface area contributed by atoms with Gasteiger partial charge in [0.05, 0.1) is 12.8 Å². The highest BCUT2D eigenvalue weighted by atomic mass is 79.9. The second-order valence-electron chi connectivity index (χ2n) is 3.96. The molecule has 6 heteroatoms. The third-order valence-corrected chi connectivity index (χ3v) is 3.11. The summed E-state index contributed by atoms with van der Waals surface area (Å²) in [6.07, 6.45) is 1.52. The van der Waals surface area contributed by atoms with Crippen LogP contribution in [-0.2, 0) is 11.3 Å². The molecule has 2 aromatic rings. The van der Waals surface area contributed by atoms with Crippen molar-refractivity contribution >= 4 is 21.8 Å². The summed E-state index contributed by atoms with van der Waals surface area (Å²) in [6, 6.07) is 7.05. The standard InChI is InChI=1S/C13H12BrFN2O2/c14-8-3-4-10(11(15)6-8)12(13(16)18)17-7-9-2-1-5-19-9/h1-6,12,17H,7H2,(H2,16,18)/t12-/m0/s1. The van der Waals surface area contributed by atoms with Crippen LogP contribution in [-0.4, -0.2) is 5.91 Å². The first-order chi connectivity index (χ1) is 9.08. The van der Waals surface area contributed by atoms with Crippen LogP contribution in [0.3, 0.4) is 0 Å². The molecule has 0 aliphatic heterocycles. The van der Waals surface area contributed by atoms with Crippen molar-refractivity contribution in [3.05, 3.63) is 58.2 Å². The van der Waals surface area contributed by atoms with Gasteiger partial charge in [-0.1, -0.05) is 22.0 Å². The van der Waals surface area contributed by atoms with Crippen LogP contribution in [0.15, 0.2) is 45.5 Å². The van der Waals surface area contributed by atoms with Gasteiger partial charge in [0.15, 0.2) is 0 Å². The molecule has 1 amide bonds. The Balaban J connectivity index is 2.17. The van der Waals surface area contributed by atoms with Crippen LogP contribution < -0.4 is 11.1 Å². The zero-order valence-electron chi connectivity index (χ0n) is 9.90. The van der Waals surface area contributed by atoms with Crippen LogP contribution in [0.2, 0.25) is 0 Å². The maximum Gasteiger partial charge on any atom is 0.239 e. The fraction of sp³-hybridized carbons (Fsp3) is 0.154. The minimum Gasteiger partial charge on any atom is -0.468 e. The van der Waals surface area contributed by atoms with Crippen LogP contribution in [0, 0.1) is 5.82 Å². The number of nitrogens with one attached hydrogen (secondary N) is 1. The molecule has 0 bridgehead atoms. The first-order valence-electron chi connectivity index (χ1n) is 5.58. The Morgan fingerprint density at radius 3 is 2.84 bits per heavy atom. The summed E-state index contributed by atoms with van der Waals surface area (Å²) in [5.74, 6) is -0.498. The first-order valence-corrected chi connectivity index (χ1v) is 6.37. The van der Waals surface area contributed by atoms with E-state index in [4.69, 9.17) is 10.2 Å². The second kappa shape index (κ2) is 5.99. The van der Waals surface area contributed by atoms with E-state index in [0.717, 1.165) is 0 Å². The molecule has 1 heterocycles. The van der Waals surface area contributed by atoms with Crippen molar-refractivity contribution in [2.24, 2.45) is 5.73 Å². The second-order valence-corrected chi connectivity index (χ2v) is 4.88. The largest absolute Gasteiger partial charge is 0.468 e. The van der Waals surface area contributed by atoms with Gasteiger partial charge in [-0.3, -0.25) is 10.1 Å². The van der Waals surface area contributed by atoms with E-state index in [-0.39, 0.29) is 12.1 Å². The average Bonchev–Trinajstić information content (AvgIpc) is 2.84. The smallest absolute Gasteiger partial charge is 0.239 e. The van der Waals surface area contributed by atoms with Crippen LogP contribution >= 0.6 is 15.9 Å². The molecule has 0 aliphatic rings. The number of hydrogen-bond donors (Lipinski definition) is 2. The normalized spacial score (nSPS) is 12.3. The Bertz CT molecular complexity index is 572. The van der Waals surface area contributed by atoms with Gasteiger partial charge in [0, 0.05) is 10.0 Å². The van der Waals surface area contributed by atoms with E-state index in [0.29, 0.717) is 10.2 Å². The van der Waals surface area contributed by atoms with E-state index in [1.165, 1.54) is 18.4 Å². The number of carbonyl (C=O) groups is 1. The molecule has 1 aromatic carbocycles. The lowest BCUT2D eigenvalue weighted by Crippen LogP contribution is -2.33. The van der Waals surface area contributed by atoms with Crippen molar-refractivity contribution in [3.63, 3.8) is 0 Å². The number of nitrogens with two attached hydrogens (primary N) is 1. The number of amides is 1. The minimum absolute atomic E-state index is 0.210. The minimum atomic E-state index is -0.904. The lowest BCUT2D eigenvalue weighted by molar-refractivity contribution is -0.120. The quantitative estimate of drug-likeness (QED) is 0.887. The molecule has 0 aliphatic carbocycles. The van der Waals surface area contributed by atoms with E-state index in [9.17, 15) is 9.18 Å². The Labute approximate surface area is 117 Å². The van der Waals surface area contributed by atoms with Gasteiger partial charge in [0.2, 0.25) is 5.91 Å². The zero-order valence-corrected chi connectivity index (χ0v) is 11.5. The molecule has 1 atom stereocenters. The molecule has 0 fully saturated rings. The van der Waals surface area contributed by atoms with E-state index in [1.54, 1.807) is 18.2 Å². The predicted octanol–water partition coefficient (Wildman–Crippen LogP) is 2.50. The van der Waals surface area contributed by atoms with Gasteiger partial charge in [-0.2, -0.15) is 0 Å². The van der Waals surface area contributed by atoms with Gasteiger partial charge in [-0.25, -0.2) is 4.39 Å². The summed E-state index contributed by atoms with van der Waals surface area (Å²) in [5.41, 5.74) is 5.52. The van der Waals surface area contributed by atoms with Crippen molar-refractivity contribution < 1.29 is 13.6 Å².